The number of rotatable bonds is 0. The van der Waals surface area contributed by atoms with Gasteiger partial charge < -0.3 is 2.85 Å². The molecule has 1 nitrogen and oxygen atoms in total. The Kier molecular flexibility index (Phi) is 91.2. The Morgan fingerprint density at radius 3 is 1.50 bits per heavy atom. The first-order valence-corrected chi connectivity index (χ1v) is 0.842. The summed E-state index contributed by atoms with van der Waals surface area (Å²) in [5.74, 6) is 0. The molecule has 4 heavy (non-hydrogen) atoms. The molecule has 0 saturated carbocycles. The van der Waals surface area contributed by atoms with E-state index in [9.17, 15) is 0 Å². The molecule has 0 aromatic rings. The van der Waals surface area contributed by atoms with Crippen LogP contribution in [0.5, 0.6) is 0 Å². The van der Waals surface area contributed by atoms with Gasteiger partial charge in [-0.05, 0) is 0 Å². The van der Waals surface area contributed by atoms with Crippen molar-refractivity contribution in [2.75, 3.05) is 0 Å². The molecule has 0 aromatic carbocycles. The van der Waals surface area contributed by atoms with Gasteiger partial charge in [-0.3, -0.25) is 0 Å². The van der Waals surface area contributed by atoms with Gasteiger partial charge in [0.2, 0.25) is 0 Å². The van der Waals surface area contributed by atoms with Crippen LogP contribution >= 0.6 is 0 Å². The van der Waals surface area contributed by atoms with Gasteiger partial charge in [-0.25, -0.2) is 0 Å². The van der Waals surface area contributed by atoms with Crippen LogP contribution in [0.4, 0.5) is 0 Å². The molecule has 0 saturated heterocycles. The van der Waals surface area contributed by atoms with Crippen molar-refractivity contribution in [3.63, 3.8) is 0 Å². The second kappa shape index (κ2) is 21.4. The first kappa shape index (κ1) is 17.0. The number of hydrogen-bond acceptors (Lipinski definition) is 1. The molecule has 0 spiro atoms. The Bertz CT molecular complexity index is 13.5. The molecule has 21 valence electrons. The zero-order valence-corrected chi connectivity index (χ0v) is 6.15. The van der Waals surface area contributed by atoms with E-state index in [4.69, 9.17) is 3.32 Å². The van der Waals surface area contributed by atoms with Crippen LogP contribution in [0, 0.1) is 0 Å². The summed E-state index contributed by atoms with van der Waals surface area (Å²) in [6.07, 6.45) is 0. The van der Waals surface area contributed by atoms with Gasteiger partial charge in [0, 0.05) is 17.1 Å². The average molecular weight is 145 g/mol. The zero-order chi connectivity index (χ0) is 2.00. The molecule has 0 unspecified atom stereocenters. The minimum atomic E-state index is 0. The van der Waals surface area contributed by atoms with Gasteiger partial charge in [-0.15, -0.1) is 0 Å². The predicted molar refractivity (Wildman–Crippen MR) is 8.66 cm³/mol. The van der Waals surface area contributed by atoms with E-state index >= 15 is 0 Å². The summed E-state index contributed by atoms with van der Waals surface area (Å²) in [4.78, 5) is 0. The van der Waals surface area contributed by atoms with Gasteiger partial charge in [-0.2, -0.15) is 0 Å². The molecule has 0 heterocycles. The molecule has 0 atom stereocenters. The third-order valence-corrected chi connectivity index (χ3v) is 0. The third-order valence-electron chi connectivity index (χ3n) is 0. The molecule has 0 fully saturated rings. The molecular weight excluding hydrogens is 143 g/mol. The molecular formula is H2MgMnOTi. The van der Waals surface area contributed by atoms with Crippen LogP contribution in [-0.2, 0) is 40.8 Å². The average Bonchev–Trinajstić information content (AvgIpc) is 1.00. The van der Waals surface area contributed by atoms with Crippen molar-refractivity contribution in [1.82, 2.24) is 0 Å². The van der Waals surface area contributed by atoms with Gasteiger partial charge in [0.25, 0.3) is 0 Å². The monoisotopic (exact) mass is 145 g/mol. The van der Waals surface area contributed by atoms with Crippen molar-refractivity contribution in [2.24, 2.45) is 0 Å². The van der Waals surface area contributed by atoms with E-state index in [2.05, 4.69) is 0 Å². The van der Waals surface area contributed by atoms with Crippen molar-refractivity contribution in [1.29, 1.82) is 0 Å². The Hall–Kier alpha value is 1.80. The van der Waals surface area contributed by atoms with Crippen molar-refractivity contribution >= 4 is 23.1 Å². The predicted octanol–water partition coefficient (Wildman–Crippen LogP) is -0.280. The minimum absolute atomic E-state index is 0. The second-order valence-corrected chi connectivity index (χ2v) is 0. The fraction of sp³-hybridized carbons (Fsp3) is 0. The van der Waals surface area contributed by atoms with E-state index in [1.54, 1.807) is 0 Å². The second-order valence-electron chi connectivity index (χ2n) is 0. The standard InChI is InChI=1S/Mg.Mn.O.Ti.2H/q+2;;;;2*-1. The molecule has 0 N–H and O–H groups in total. The van der Waals surface area contributed by atoms with Crippen LogP contribution in [0.25, 0.3) is 0 Å². The Morgan fingerprint density at radius 2 is 1.50 bits per heavy atom. The summed E-state index contributed by atoms with van der Waals surface area (Å²) in [6, 6.07) is 0. The van der Waals surface area contributed by atoms with Crippen LogP contribution < -0.4 is 0 Å². The molecule has 0 rings (SSSR count). The van der Waals surface area contributed by atoms with Crippen LogP contribution in [0.15, 0.2) is 0 Å². The molecule has 0 aliphatic heterocycles. The van der Waals surface area contributed by atoms with E-state index in [1.807, 2.05) is 0 Å². The summed E-state index contributed by atoms with van der Waals surface area (Å²) < 4.78 is 8.25. The Balaban J connectivity index is -0.000000000833. The van der Waals surface area contributed by atoms with Crippen molar-refractivity contribution in [2.45, 2.75) is 0 Å². The van der Waals surface area contributed by atoms with E-state index < -0.39 is 0 Å². The summed E-state index contributed by atoms with van der Waals surface area (Å²) in [7, 11) is 0. The van der Waals surface area contributed by atoms with Gasteiger partial charge in [0.1, 0.15) is 0 Å². The van der Waals surface area contributed by atoms with Crippen LogP contribution in [0.2, 0.25) is 0 Å². The first-order chi connectivity index (χ1) is 1.00. The Morgan fingerprint density at radius 1 is 1.50 bits per heavy atom. The topological polar surface area (TPSA) is 17.1 Å². The fourth-order valence-electron chi connectivity index (χ4n) is 0. The van der Waals surface area contributed by atoms with Gasteiger partial charge in [0.05, 0.1) is 0 Å². The quantitative estimate of drug-likeness (QED) is 0.428. The van der Waals surface area contributed by atoms with E-state index in [-0.39, 0.29) is 43.0 Å². The van der Waals surface area contributed by atoms with E-state index in [0.29, 0.717) is 0 Å². The normalized spacial score (nSPS) is 0.750. The van der Waals surface area contributed by atoms with Crippen molar-refractivity contribution in [3.05, 3.63) is 0 Å². The van der Waals surface area contributed by atoms with E-state index in [0.717, 1.165) is 20.4 Å². The molecule has 0 aromatic heterocycles. The van der Waals surface area contributed by atoms with E-state index in [1.165, 1.54) is 0 Å². The SMILES string of the molecule is [H-].[H-].[Mg+2].[Mn].[O]=[Ti]. The van der Waals surface area contributed by atoms with Crippen LogP contribution in [0.1, 0.15) is 2.85 Å². The molecule has 1 radical (unpaired) electrons. The van der Waals surface area contributed by atoms with Gasteiger partial charge in [0.15, 0.2) is 0 Å². The van der Waals surface area contributed by atoms with Gasteiger partial charge in [-0.1, -0.05) is 0 Å². The molecule has 0 aliphatic rings. The van der Waals surface area contributed by atoms with Crippen LogP contribution in [-0.4, -0.2) is 23.1 Å². The first-order valence-electron chi connectivity index (χ1n) is 0.204. The maximum atomic E-state index is 8.25. The zero-order valence-electron chi connectivity index (χ0n) is 3.99. The molecule has 0 bridgehead atoms. The molecule has 0 amide bonds. The maximum absolute atomic E-state index is 8.25. The van der Waals surface area contributed by atoms with Crippen molar-refractivity contribution < 1.29 is 43.7 Å². The number of hydrogen-bond donors (Lipinski definition) is 0. The molecule has 4 heteroatoms. The fourth-order valence-corrected chi connectivity index (χ4v) is 0. The van der Waals surface area contributed by atoms with Crippen LogP contribution in [0.3, 0.4) is 0 Å². The summed E-state index contributed by atoms with van der Waals surface area (Å²) in [5, 5.41) is 0. The summed E-state index contributed by atoms with van der Waals surface area (Å²) in [6.45, 7) is 0. The van der Waals surface area contributed by atoms with Crippen molar-refractivity contribution in [3.8, 4) is 0 Å². The summed E-state index contributed by atoms with van der Waals surface area (Å²) >= 11 is 0.750. The van der Waals surface area contributed by atoms with Gasteiger partial charge >= 0.3 is 46.8 Å². The third kappa shape index (κ3) is 9.20. The summed E-state index contributed by atoms with van der Waals surface area (Å²) in [5.41, 5.74) is 0. The Labute approximate surface area is 66.2 Å². The molecule has 0 aliphatic carbocycles.